The molecule has 24 heavy (non-hydrogen) atoms. The molecule has 1 aliphatic heterocycles. The average molecular weight is 346 g/mol. The van der Waals surface area contributed by atoms with Crippen molar-refractivity contribution in [3.63, 3.8) is 0 Å². The summed E-state index contributed by atoms with van der Waals surface area (Å²) >= 11 is 0. The predicted molar refractivity (Wildman–Crippen MR) is 81.7 cm³/mol. The number of rotatable bonds is 5. The molecule has 1 saturated heterocycles. The second kappa shape index (κ2) is 7.85. The Balaban J connectivity index is 1.92. The number of carbonyl (C=O) groups excluding carboxylic acids is 1. The number of amides is 1. The lowest BCUT2D eigenvalue weighted by atomic mass is 10.1. The Labute approximate surface area is 138 Å². The second-order valence-electron chi connectivity index (χ2n) is 5.96. The van der Waals surface area contributed by atoms with Gasteiger partial charge in [-0.05, 0) is 31.0 Å². The number of nitrogens with one attached hydrogen (secondary N) is 1. The van der Waals surface area contributed by atoms with Crippen LogP contribution in [-0.4, -0.2) is 60.5 Å². The van der Waals surface area contributed by atoms with E-state index in [1.807, 2.05) is 0 Å². The molecule has 0 aromatic heterocycles. The molecule has 0 spiro atoms. The van der Waals surface area contributed by atoms with Crippen LogP contribution in [0.1, 0.15) is 12.5 Å². The lowest BCUT2D eigenvalue weighted by Gasteiger charge is -2.35. The van der Waals surface area contributed by atoms with E-state index in [0.717, 1.165) is 10.5 Å². The Bertz CT molecular complexity index is 548. The van der Waals surface area contributed by atoms with Crippen LogP contribution >= 0.6 is 0 Å². The molecule has 0 bridgehead atoms. The van der Waals surface area contributed by atoms with Crippen molar-refractivity contribution in [2.45, 2.75) is 31.6 Å². The molecule has 0 unspecified atom stereocenters. The van der Waals surface area contributed by atoms with E-state index in [1.54, 1.807) is 31.2 Å². The van der Waals surface area contributed by atoms with Gasteiger partial charge in [-0.3, -0.25) is 9.69 Å². The molecular weight excluding hydrogens is 325 g/mol. The van der Waals surface area contributed by atoms with Crippen LogP contribution in [-0.2, 0) is 16.0 Å². The highest BCUT2D eigenvalue weighted by Crippen LogP contribution is 2.20. The maximum Gasteiger partial charge on any atom is 0.401 e. The average Bonchev–Trinajstić information content (AvgIpc) is 2.48. The third kappa shape index (κ3) is 5.68. The normalized spacial score (nSPS) is 20.6. The second-order valence-corrected chi connectivity index (χ2v) is 5.96. The molecule has 1 aliphatic rings. The van der Waals surface area contributed by atoms with Crippen molar-refractivity contribution < 1.29 is 27.8 Å². The van der Waals surface area contributed by atoms with Crippen molar-refractivity contribution in [3.05, 3.63) is 29.8 Å². The number of phenolic OH excluding ortho intramolecular Hbond substituents is 1. The van der Waals surface area contributed by atoms with Gasteiger partial charge in [-0.2, -0.15) is 13.2 Å². The highest BCUT2D eigenvalue weighted by molar-refractivity contribution is 5.82. The number of nitrogens with zero attached hydrogens (tertiary/aromatic N) is 1. The fourth-order valence-electron chi connectivity index (χ4n) is 2.67. The van der Waals surface area contributed by atoms with Gasteiger partial charge in [0.1, 0.15) is 11.8 Å². The summed E-state index contributed by atoms with van der Waals surface area (Å²) < 4.78 is 43.0. The molecule has 1 heterocycles. The Hall–Kier alpha value is -1.80. The lowest BCUT2D eigenvalue weighted by molar-refractivity contribution is -0.167. The summed E-state index contributed by atoms with van der Waals surface area (Å²) in [5.74, 6) is -0.317. The molecule has 1 amide bonds. The van der Waals surface area contributed by atoms with Gasteiger partial charge >= 0.3 is 6.18 Å². The standard InChI is InChI=1S/C16H21F3N2O3/c1-11(8-12-2-4-13(22)5-3-12)20-15(23)14-9-24-7-6-21(14)10-16(17,18)19/h2-5,11,14,22H,6-10H2,1H3,(H,20,23)/t11-,14+/m1/s1. The van der Waals surface area contributed by atoms with Crippen LogP contribution < -0.4 is 5.32 Å². The molecule has 1 aromatic rings. The van der Waals surface area contributed by atoms with Crippen molar-refractivity contribution in [3.8, 4) is 5.75 Å². The van der Waals surface area contributed by atoms with Crippen molar-refractivity contribution in [2.75, 3.05) is 26.3 Å². The van der Waals surface area contributed by atoms with Gasteiger partial charge in [-0.1, -0.05) is 12.1 Å². The van der Waals surface area contributed by atoms with E-state index < -0.39 is 24.7 Å². The van der Waals surface area contributed by atoms with Crippen LogP contribution in [0, 0.1) is 0 Å². The number of halogens is 3. The lowest BCUT2D eigenvalue weighted by Crippen LogP contribution is -2.57. The van der Waals surface area contributed by atoms with Crippen LogP contribution in [0.25, 0.3) is 0 Å². The van der Waals surface area contributed by atoms with E-state index in [2.05, 4.69) is 5.32 Å². The molecular formula is C16H21F3N2O3. The van der Waals surface area contributed by atoms with E-state index >= 15 is 0 Å². The number of hydrogen-bond donors (Lipinski definition) is 2. The molecule has 5 nitrogen and oxygen atoms in total. The number of morpholine rings is 1. The largest absolute Gasteiger partial charge is 0.508 e. The molecule has 134 valence electrons. The van der Waals surface area contributed by atoms with Gasteiger partial charge in [-0.25, -0.2) is 0 Å². The van der Waals surface area contributed by atoms with Crippen molar-refractivity contribution in [1.82, 2.24) is 10.2 Å². The number of benzene rings is 1. The molecule has 2 N–H and O–H groups in total. The first-order valence-electron chi connectivity index (χ1n) is 7.71. The van der Waals surface area contributed by atoms with E-state index in [4.69, 9.17) is 4.74 Å². The zero-order chi connectivity index (χ0) is 17.7. The molecule has 1 fully saturated rings. The number of phenols is 1. The van der Waals surface area contributed by atoms with Gasteiger partial charge in [0, 0.05) is 12.6 Å². The SMILES string of the molecule is C[C@H](Cc1ccc(O)cc1)NC(=O)[C@@H]1COCCN1CC(F)(F)F. The van der Waals surface area contributed by atoms with Crippen LogP contribution in [0.4, 0.5) is 13.2 Å². The van der Waals surface area contributed by atoms with Gasteiger partial charge in [0.2, 0.25) is 5.91 Å². The first-order valence-corrected chi connectivity index (χ1v) is 7.71. The van der Waals surface area contributed by atoms with Crippen LogP contribution in [0.15, 0.2) is 24.3 Å². The van der Waals surface area contributed by atoms with Gasteiger partial charge in [0.05, 0.1) is 19.8 Å². The van der Waals surface area contributed by atoms with E-state index in [9.17, 15) is 23.1 Å². The Morgan fingerprint density at radius 2 is 2.08 bits per heavy atom. The maximum absolute atomic E-state index is 12.6. The summed E-state index contributed by atoms with van der Waals surface area (Å²) in [4.78, 5) is 13.4. The minimum Gasteiger partial charge on any atom is -0.508 e. The van der Waals surface area contributed by atoms with Crippen molar-refractivity contribution >= 4 is 5.91 Å². The minimum absolute atomic E-state index is 0.0478. The number of alkyl halides is 3. The Morgan fingerprint density at radius 3 is 2.71 bits per heavy atom. The summed E-state index contributed by atoms with van der Waals surface area (Å²) in [5, 5.41) is 12.0. The predicted octanol–water partition coefficient (Wildman–Crippen LogP) is 1.70. The summed E-state index contributed by atoms with van der Waals surface area (Å²) in [5.41, 5.74) is 0.910. The molecule has 8 heteroatoms. The molecule has 0 aliphatic carbocycles. The zero-order valence-electron chi connectivity index (χ0n) is 13.3. The number of carbonyl (C=O) groups is 1. The van der Waals surface area contributed by atoms with Gasteiger partial charge < -0.3 is 15.2 Å². The molecule has 0 saturated carbocycles. The summed E-state index contributed by atoms with van der Waals surface area (Å²) in [6.45, 7) is 0.865. The minimum atomic E-state index is -4.35. The molecule has 2 atom stereocenters. The van der Waals surface area contributed by atoms with Crippen LogP contribution in [0.3, 0.4) is 0 Å². The van der Waals surface area contributed by atoms with Crippen molar-refractivity contribution in [1.29, 1.82) is 0 Å². The number of hydrogen-bond acceptors (Lipinski definition) is 4. The monoisotopic (exact) mass is 346 g/mol. The zero-order valence-corrected chi connectivity index (χ0v) is 13.3. The number of aromatic hydroxyl groups is 1. The summed E-state index contributed by atoms with van der Waals surface area (Å²) in [7, 11) is 0. The fourth-order valence-corrected chi connectivity index (χ4v) is 2.67. The first-order chi connectivity index (χ1) is 11.2. The molecule has 0 radical (unpaired) electrons. The number of ether oxygens (including phenoxy) is 1. The van der Waals surface area contributed by atoms with E-state index in [1.165, 1.54) is 0 Å². The third-order valence-electron chi connectivity index (χ3n) is 3.79. The molecule has 1 aromatic carbocycles. The van der Waals surface area contributed by atoms with Crippen LogP contribution in [0.5, 0.6) is 5.75 Å². The highest BCUT2D eigenvalue weighted by Gasteiger charge is 2.38. The smallest absolute Gasteiger partial charge is 0.401 e. The fraction of sp³-hybridized carbons (Fsp3) is 0.562. The molecule has 2 rings (SSSR count). The van der Waals surface area contributed by atoms with E-state index in [0.29, 0.717) is 6.42 Å². The maximum atomic E-state index is 12.6. The van der Waals surface area contributed by atoms with Gasteiger partial charge in [0.25, 0.3) is 0 Å². The van der Waals surface area contributed by atoms with Gasteiger partial charge in [0.15, 0.2) is 0 Å². The Kier molecular flexibility index (Phi) is 6.06. The Morgan fingerprint density at radius 1 is 1.42 bits per heavy atom. The van der Waals surface area contributed by atoms with Crippen LogP contribution in [0.2, 0.25) is 0 Å². The first kappa shape index (κ1) is 18.5. The quantitative estimate of drug-likeness (QED) is 0.852. The topological polar surface area (TPSA) is 61.8 Å². The van der Waals surface area contributed by atoms with E-state index in [-0.39, 0.29) is 31.5 Å². The van der Waals surface area contributed by atoms with Crippen molar-refractivity contribution in [2.24, 2.45) is 0 Å². The van der Waals surface area contributed by atoms with Gasteiger partial charge in [-0.15, -0.1) is 0 Å². The summed E-state index contributed by atoms with van der Waals surface area (Å²) in [6.07, 6.45) is -3.84. The third-order valence-corrected chi connectivity index (χ3v) is 3.79. The summed E-state index contributed by atoms with van der Waals surface area (Å²) in [6, 6.07) is 5.36. The highest BCUT2D eigenvalue weighted by atomic mass is 19.4.